The maximum atomic E-state index is 13.0. The van der Waals surface area contributed by atoms with Gasteiger partial charge in [-0.3, -0.25) is 9.71 Å². The van der Waals surface area contributed by atoms with Crippen molar-refractivity contribution in [2.45, 2.75) is 4.90 Å². The van der Waals surface area contributed by atoms with Gasteiger partial charge in [-0.05, 0) is 53.9 Å². The summed E-state index contributed by atoms with van der Waals surface area (Å²) in [6, 6.07) is 20.0. The Morgan fingerprint density at radius 2 is 1.77 bits per heavy atom. The normalized spacial score (nSPS) is 15.7. The van der Waals surface area contributed by atoms with Gasteiger partial charge in [0.25, 0.3) is 10.0 Å². The predicted octanol–water partition coefficient (Wildman–Crippen LogP) is 4.48. The van der Waals surface area contributed by atoms with Crippen LogP contribution in [0.5, 0.6) is 0 Å². The zero-order valence-electron chi connectivity index (χ0n) is 18.3. The van der Waals surface area contributed by atoms with Crippen LogP contribution in [0.1, 0.15) is 0 Å². The Morgan fingerprint density at radius 1 is 1.00 bits per heavy atom. The van der Waals surface area contributed by atoms with Crippen molar-refractivity contribution in [1.82, 2.24) is 4.98 Å². The molecule has 5 rings (SSSR count). The zero-order chi connectivity index (χ0) is 24.6. The fourth-order valence-electron chi connectivity index (χ4n) is 3.85. The van der Waals surface area contributed by atoms with Crippen molar-refractivity contribution in [3.8, 4) is 11.3 Å². The SMILES string of the molecule is O=S(=O)(Nc1ccc(Cl)c(-c2nccc3ccccc23)c1)c1ccc(N2COCCS2(=O)=O)cc1. The van der Waals surface area contributed by atoms with Crippen molar-refractivity contribution in [3.05, 3.63) is 84.0 Å². The number of aromatic nitrogens is 1. The number of anilines is 2. The summed E-state index contributed by atoms with van der Waals surface area (Å²) in [6.45, 7) is 0.0228. The van der Waals surface area contributed by atoms with Crippen molar-refractivity contribution in [3.63, 3.8) is 0 Å². The highest BCUT2D eigenvalue weighted by molar-refractivity contribution is 7.93. The van der Waals surface area contributed by atoms with Gasteiger partial charge >= 0.3 is 0 Å². The quantitative estimate of drug-likeness (QED) is 0.408. The first kappa shape index (κ1) is 23.6. The van der Waals surface area contributed by atoms with E-state index in [1.165, 1.54) is 24.3 Å². The molecule has 180 valence electrons. The molecule has 35 heavy (non-hydrogen) atoms. The molecule has 2 heterocycles. The third-order valence-electron chi connectivity index (χ3n) is 5.61. The minimum absolute atomic E-state index is 0.0173. The summed E-state index contributed by atoms with van der Waals surface area (Å²) in [5, 5.41) is 2.32. The summed E-state index contributed by atoms with van der Waals surface area (Å²) in [7, 11) is -7.46. The molecule has 0 saturated carbocycles. The monoisotopic (exact) mass is 529 g/mol. The maximum absolute atomic E-state index is 13.0. The second-order valence-electron chi connectivity index (χ2n) is 7.88. The highest BCUT2D eigenvalue weighted by Crippen LogP contribution is 2.34. The summed E-state index contributed by atoms with van der Waals surface area (Å²) in [5.74, 6) is -0.126. The van der Waals surface area contributed by atoms with Gasteiger partial charge in [-0.2, -0.15) is 0 Å². The number of nitrogens with one attached hydrogen (secondary N) is 1. The lowest BCUT2D eigenvalue weighted by Crippen LogP contribution is -2.41. The standard InChI is InChI=1S/C24H20ClN3O5S2/c25-23-10-5-18(15-22(23)24-21-4-2-1-3-17(21)11-12-26-24)27-35(31,32)20-8-6-19(7-9-20)28-16-33-13-14-34(28,29)30/h1-12,15,27H,13-14,16H2. The minimum Gasteiger partial charge on any atom is -0.359 e. The number of halogens is 1. The third-order valence-corrected chi connectivity index (χ3v) is 9.01. The predicted molar refractivity (Wildman–Crippen MR) is 137 cm³/mol. The molecular weight excluding hydrogens is 510 g/mol. The van der Waals surface area contributed by atoms with Crippen LogP contribution in [0.25, 0.3) is 22.0 Å². The summed E-state index contributed by atoms with van der Waals surface area (Å²) >= 11 is 6.45. The Hall–Kier alpha value is -3.18. The molecule has 0 unspecified atom stereocenters. The number of ether oxygens (including phenoxy) is 1. The van der Waals surface area contributed by atoms with Crippen molar-refractivity contribution < 1.29 is 21.6 Å². The van der Waals surface area contributed by atoms with E-state index in [1.807, 2.05) is 30.3 Å². The van der Waals surface area contributed by atoms with Crippen molar-refractivity contribution in [2.75, 3.05) is 28.1 Å². The average molecular weight is 530 g/mol. The number of pyridine rings is 1. The summed E-state index contributed by atoms with van der Waals surface area (Å²) in [4.78, 5) is 4.46. The summed E-state index contributed by atoms with van der Waals surface area (Å²) in [5.41, 5.74) is 1.88. The maximum Gasteiger partial charge on any atom is 0.261 e. The molecule has 3 aromatic carbocycles. The summed E-state index contributed by atoms with van der Waals surface area (Å²) < 4.78 is 59.5. The number of nitrogens with zero attached hydrogens (tertiary/aromatic N) is 2. The van der Waals surface area contributed by atoms with Gasteiger partial charge in [0, 0.05) is 22.8 Å². The fourth-order valence-corrected chi connectivity index (χ4v) is 6.33. The van der Waals surface area contributed by atoms with E-state index in [2.05, 4.69) is 9.71 Å². The fraction of sp³-hybridized carbons (Fsp3) is 0.125. The first-order valence-corrected chi connectivity index (χ1v) is 14.1. The van der Waals surface area contributed by atoms with E-state index >= 15 is 0 Å². The molecule has 0 aliphatic carbocycles. The molecular formula is C24H20ClN3O5S2. The van der Waals surface area contributed by atoms with Crippen LogP contribution in [0.3, 0.4) is 0 Å². The Morgan fingerprint density at radius 3 is 2.54 bits per heavy atom. The molecule has 1 aliphatic heterocycles. The smallest absolute Gasteiger partial charge is 0.261 e. The molecule has 11 heteroatoms. The van der Waals surface area contributed by atoms with Crippen LogP contribution in [-0.2, 0) is 24.8 Å². The molecule has 1 fully saturated rings. The molecule has 0 radical (unpaired) electrons. The Labute approximate surface area is 208 Å². The van der Waals surface area contributed by atoms with Gasteiger partial charge in [0.05, 0.1) is 33.7 Å². The topological polar surface area (TPSA) is 106 Å². The molecule has 0 spiro atoms. The number of rotatable bonds is 5. The van der Waals surface area contributed by atoms with Crippen LogP contribution in [0.15, 0.2) is 83.9 Å². The van der Waals surface area contributed by atoms with Gasteiger partial charge in [-0.15, -0.1) is 0 Å². The molecule has 1 aliphatic rings. The lowest BCUT2D eigenvalue weighted by atomic mass is 10.0. The lowest BCUT2D eigenvalue weighted by Gasteiger charge is -2.28. The number of hydrogen-bond acceptors (Lipinski definition) is 6. The summed E-state index contributed by atoms with van der Waals surface area (Å²) in [6.07, 6.45) is 1.68. The van der Waals surface area contributed by atoms with Gasteiger partial charge in [0.15, 0.2) is 0 Å². The first-order chi connectivity index (χ1) is 16.7. The van der Waals surface area contributed by atoms with Crippen LogP contribution >= 0.6 is 11.6 Å². The third kappa shape index (κ3) is 4.70. The largest absolute Gasteiger partial charge is 0.359 e. The van der Waals surface area contributed by atoms with E-state index in [1.54, 1.807) is 24.4 Å². The van der Waals surface area contributed by atoms with E-state index in [0.29, 0.717) is 27.7 Å². The van der Waals surface area contributed by atoms with Crippen LogP contribution < -0.4 is 9.03 Å². The van der Waals surface area contributed by atoms with Gasteiger partial charge < -0.3 is 4.74 Å². The number of benzene rings is 3. The second-order valence-corrected chi connectivity index (χ2v) is 12.0. The molecule has 4 aromatic rings. The van der Waals surface area contributed by atoms with Crippen molar-refractivity contribution in [2.24, 2.45) is 0 Å². The Kier molecular flexibility index (Phi) is 6.14. The van der Waals surface area contributed by atoms with Gasteiger partial charge in [-0.25, -0.2) is 21.1 Å². The highest BCUT2D eigenvalue weighted by Gasteiger charge is 2.27. The van der Waals surface area contributed by atoms with Crippen LogP contribution in [0, 0.1) is 0 Å². The lowest BCUT2D eigenvalue weighted by molar-refractivity contribution is 0.149. The van der Waals surface area contributed by atoms with Crippen molar-refractivity contribution >= 4 is 53.8 Å². The molecule has 0 atom stereocenters. The second kappa shape index (κ2) is 9.12. The molecule has 1 N–H and O–H groups in total. The molecule has 0 amide bonds. The Bertz CT molecular complexity index is 1620. The van der Waals surface area contributed by atoms with Gasteiger partial charge in [0.1, 0.15) is 6.73 Å². The molecule has 8 nitrogen and oxygen atoms in total. The van der Waals surface area contributed by atoms with Gasteiger partial charge in [-0.1, -0.05) is 35.9 Å². The van der Waals surface area contributed by atoms with Crippen LogP contribution in [-0.4, -0.2) is 40.9 Å². The van der Waals surface area contributed by atoms with Gasteiger partial charge in [0.2, 0.25) is 10.0 Å². The number of sulfonamides is 2. The number of fused-ring (bicyclic) bond motifs is 1. The molecule has 1 aromatic heterocycles. The minimum atomic E-state index is -3.96. The van der Waals surface area contributed by atoms with E-state index < -0.39 is 20.0 Å². The van der Waals surface area contributed by atoms with Crippen LogP contribution in [0.4, 0.5) is 11.4 Å². The first-order valence-electron chi connectivity index (χ1n) is 10.6. The van der Waals surface area contributed by atoms with E-state index in [9.17, 15) is 16.8 Å². The van der Waals surface area contributed by atoms with E-state index in [-0.39, 0.29) is 24.0 Å². The van der Waals surface area contributed by atoms with E-state index in [0.717, 1.165) is 15.1 Å². The highest BCUT2D eigenvalue weighted by atomic mass is 35.5. The van der Waals surface area contributed by atoms with Crippen LogP contribution in [0.2, 0.25) is 5.02 Å². The Balaban J connectivity index is 1.44. The van der Waals surface area contributed by atoms with Crippen molar-refractivity contribution in [1.29, 1.82) is 0 Å². The zero-order valence-corrected chi connectivity index (χ0v) is 20.6. The number of hydrogen-bond donors (Lipinski definition) is 1. The van der Waals surface area contributed by atoms with E-state index in [4.69, 9.17) is 16.3 Å². The molecule has 1 saturated heterocycles. The molecule has 0 bridgehead atoms. The average Bonchev–Trinajstić information content (AvgIpc) is 2.85.